The molecular weight excluding hydrogens is 260 g/mol. The van der Waals surface area contributed by atoms with Crippen LogP contribution in [0.15, 0.2) is 24.3 Å². The quantitative estimate of drug-likeness (QED) is 0.932. The van der Waals surface area contributed by atoms with Gasteiger partial charge in [-0.2, -0.15) is 5.10 Å². The smallest absolute Gasteiger partial charge is 0.133 e. The molecular formula is C15H19ClN2O. The van der Waals surface area contributed by atoms with Gasteiger partial charge in [0.05, 0.1) is 5.69 Å². The second-order valence-electron chi connectivity index (χ2n) is 5.13. The predicted octanol–water partition coefficient (Wildman–Crippen LogP) is 3.59. The number of aliphatic hydroxyl groups excluding tert-OH is 1. The first-order valence-corrected chi connectivity index (χ1v) is 6.77. The van der Waals surface area contributed by atoms with Crippen molar-refractivity contribution in [3.8, 4) is 0 Å². The molecule has 1 unspecified atom stereocenters. The minimum absolute atomic E-state index is 0.215. The zero-order valence-corrected chi connectivity index (χ0v) is 12.4. The van der Waals surface area contributed by atoms with Crippen molar-refractivity contribution >= 4 is 11.6 Å². The Hall–Kier alpha value is -1.32. The van der Waals surface area contributed by atoms with Crippen LogP contribution >= 0.6 is 11.6 Å². The average Bonchev–Trinajstić information content (AvgIpc) is 2.66. The number of hydrogen-bond acceptors (Lipinski definition) is 2. The van der Waals surface area contributed by atoms with Gasteiger partial charge in [0.25, 0.3) is 0 Å². The summed E-state index contributed by atoms with van der Waals surface area (Å²) < 4.78 is 1.62. The van der Waals surface area contributed by atoms with Crippen LogP contribution in [-0.4, -0.2) is 14.9 Å². The molecule has 2 aromatic rings. The number of rotatable bonds is 3. The number of benzene rings is 1. The second-order valence-corrected chi connectivity index (χ2v) is 5.49. The number of aromatic nitrogens is 2. The first-order valence-electron chi connectivity index (χ1n) is 6.39. The number of hydrogen-bond donors (Lipinski definition) is 1. The van der Waals surface area contributed by atoms with Crippen LogP contribution in [0, 0.1) is 6.92 Å². The van der Waals surface area contributed by atoms with Gasteiger partial charge in [0.15, 0.2) is 0 Å². The zero-order valence-electron chi connectivity index (χ0n) is 11.7. The molecule has 1 N–H and O–H groups in total. The van der Waals surface area contributed by atoms with E-state index in [1.54, 1.807) is 11.7 Å². The Morgan fingerprint density at radius 3 is 2.47 bits per heavy atom. The molecule has 2 rings (SSSR count). The van der Waals surface area contributed by atoms with Crippen LogP contribution in [0.4, 0.5) is 0 Å². The van der Waals surface area contributed by atoms with Crippen molar-refractivity contribution in [1.29, 1.82) is 0 Å². The van der Waals surface area contributed by atoms with Crippen molar-refractivity contribution in [1.82, 2.24) is 9.78 Å². The summed E-state index contributed by atoms with van der Waals surface area (Å²) in [6, 6.07) is 7.79. The molecule has 0 amide bonds. The molecule has 0 saturated heterocycles. The lowest BCUT2D eigenvalue weighted by Crippen LogP contribution is -2.05. The molecule has 1 heterocycles. The lowest BCUT2D eigenvalue weighted by Gasteiger charge is -2.15. The maximum Gasteiger partial charge on any atom is 0.133 e. The Bertz CT molecular complexity index is 590. The van der Waals surface area contributed by atoms with Crippen LogP contribution in [0.5, 0.6) is 0 Å². The molecule has 0 saturated carbocycles. The molecule has 102 valence electrons. The predicted molar refractivity (Wildman–Crippen MR) is 77.5 cm³/mol. The average molecular weight is 279 g/mol. The summed E-state index contributed by atoms with van der Waals surface area (Å²) in [6.45, 7) is 6.08. The summed E-state index contributed by atoms with van der Waals surface area (Å²) in [5, 5.41) is 15.6. The highest BCUT2D eigenvalue weighted by Gasteiger charge is 2.25. The summed E-state index contributed by atoms with van der Waals surface area (Å²) in [5.41, 5.74) is 3.49. The fourth-order valence-corrected chi connectivity index (χ4v) is 2.51. The highest BCUT2D eigenvalue weighted by Crippen LogP contribution is 2.35. The van der Waals surface area contributed by atoms with E-state index in [4.69, 9.17) is 11.6 Å². The van der Waals surface area contributed by atoms with E-state index >= 15 is 0 Å². The van der Waals surface area contributed by atoms with Crippen molar-refractivity contribution in [2.24, 2.45) is 7.05 Å². The maximum atomic E-state index is 10.7. The van der Waals surface area contributed by atoms with Gasteiger partial charge in [0, 0.05) is 12.6 Å². The van der Waals surface area contributed by atoms with E-state index in [0.29, 0.717) is 10.7 Å². The van der Waals surface area contributed by atoms with E-state index in [1.165, 1.54) is 0 Å². The van der Waals surface area contributed by atoms with Gasteiger partial charge in [0.1, 0.15) is 11.3 Å². The first-order chi connectivity index (χ1) is 8.93. The molecule has 0 bridgehead atoms. The standard InChI is InChI=1S/C15H19ClN2O/c1-9(2)13-12(15(16)18(4)17-13)14(19)11-8-6-5-7-10(11)3/h5-9,14,19H,1-4H3. The number of aliphatic hydroxyl groups is 1. The fourth-order valence-electron chi connectivity index (χ4n) is 2.27. The lowest BCUT2D eigenvalue weighted by atomic mass is 9.95. The number of halogens is 1. The zero-order chi connectivity index (χ0) is 14.2. The summed E-state index contributed by atoms with van der Waals surface area (Å²) in [4.78, 5) is 0. The Kier molecular flexibility index (Phi) is 3.97. The van der Waals surface area contributed by atoms with Crippen molar-refractivity contribution in [3.63, 3.8) is 0 Å². The minimum atomic E-state index is -0.736. The van der Waals surface area contributed by atoms with Crippen LogP contribution in [0.3, 0.4) is 0 Å². The van der Waals surface area contributed by atoms with Gasteiger partial charge in [-0.3, -0.25) is 4.68 Å². The lowest BCUT2D eigenvalue weighted by molar-refractivity contribution is 0.218. The molecule has 0 aliphatic heterocycles. The number of nitrogens with zero attached hydrogens (tertiary/aromatic N) is 2. The molecule has 1 atom stereocenters. The fraction of sp³-hybridized carbons (Fsp3) is 0.400. The molecule has 19 heavy (non-hydrogen) atoms. The van der Waals surface area contributed by atoms with Gasteiger partial charge in [0.2, 0.25) is 0 Å². The van der Waals surface area contributed by atoms with Gasteiger partial charge in [-0.25, -0.2) is 0 Å². The molecule has 1 aromatic carbocycles. The SMILES string of the molecule is Cc1ccccc1C(O)c1c(C(C)C)nn(C)c1Cl. The van der Waals surface area contributed by atoms with Crippen molar-refractivity contribution in [3.05, 3.63) is 51.8 Å². The van der Waals surface area contributed by atoms with E-state index in [9.17, 15) is 5.11 Å². The molecule has 0 spiro atoms. The van der Waals surface area contributed by atoms with Gasteiger partial charge < -0.3 is 5.11 Å². The van der Waals surface area contributed by atoms with Crippen LogP contribution in [0.2, 0.25) is 5.15 Å². The molecule has 4 heteroatoms. The molecule has 3 nitrogen and oxygen atoms in total. The van der Waals surface area contributed by atoms with Gasteiger partial charge in [-0.05, 0) is 24.0 Å². The maximum absolute atomic E-state index is 10.7. The van der Waals surface area contributed by atoms with Gasteiger partial charge in [-0.1, -0.05) is 49.7 Å². The van der Waals surface area contributed by atoms with Crippen LogP contribution in [0.1, 0.15) is 48.3 Å². The topological polar surface area (TPSA) is 38.1 Å². The largest absolute Gasteiger partial charge is 0.383 e. The summed E-state index contributed by atoms with van der Waals surface area (Å²) in [7, 11) is 1.79. The summed E-state index contributed by atoms with van der Waals surface area (Å²) in [5.74, 6) is 0.215. The number of aryl methyl sites for hydroxylation is 2. The Balaban J connectivity index is 2.56. The van der Waals surface area contributed by atoms with E-state index in [2.05, 4.69) is 5.10 Å². The minimum Gasteiger partial charge on any atom is -0.383 e. The second kappa shape index (κ2) is 5.35. The summed E-state index contributed by atoms with van der Waals surface area (Å²) in [6.07, 6.45) is -0.736. The van der Waals surface area contributed by atoms with Gasteiger partial charge in [-0.15, -0.1) is 0 Å². The van der Waals surface area contributed by atoms with E-state index in [1.807, 2.05) is 45.0 Å². The Morgan fingerprint density at radius 1 is 1.26 bits per heavy atom. The van der Waals surface area contributed by atoms with Crippen molar-refractivity contribution in [2.45, 2.75) is 32.8 Å². The van der Waals surface area contributed by atoms with Crippen molar-refractivity contribution in [2.75, 3.05) is 0 Å². The molecule has 1 aromatic heterocycles. The molecule has 0 aliphatic carbocycles. The first kappa shape index (κ1) is 14.1. The highest BCUT2D eigenvalue weighted by molar-refractivity contribution is 6.30. The van der Waals surface area contributed by atoms with Gasteiger partial charge >= 0.3 is 0 Å². The van der Waals surface area contributed by atoms with E-state index < -0.39 is 6.10 Å². The molecule has 0 aliphatic rings. The Labute approximate surface area is 118 Å². The molecule has 0 fully saturated rings. The van der Waals surface area contributed by atoms with Crippen LogP contribution in [-0.2, 0) is 7.05 Å². The van der Waals surface area contributed by atoms with E-state index in [-0.39, 0.29) is 5.92 Å². The van der Waals surface area contributed by atoms with E-state index in [0.717, 1.165) is 16.8 Å². The van der Waals surface area contributed by atoms with Crippen molar-refractivity contribution < 1.29 is 5.11 Å². The highest BCUT2D eigenvalue weighted by atomic mass is 35.5. The normalized spacial score (nSPS) is 13.0. The third-order valence-electron chi connectivity index (χ3n) is 3.34. The molecule has 0 radical (unpaired) electrons. The van der Waals surface area contributed by atoms with Crippen LogP contribution in [0.25, 0.3) is 0 Å². The third kappa shape index (κ3) is 2.53. The summed E-state index contributed by atoms with van der Waals surface area (Å²) >= 11 is 6.30. The third-order valence-corrected chi connectivity index (χ3v) is 3.79. The monoisotopic (exact) mass is 278 g/mol. The Morgan fingerprint density at radius 2 is 1.89 bits per heavy atom. The van der Waals surface area contributed by atoms with Crippen LogP contribution < -0.4 is 0 Å².